The molecule has 3 aromatic rings. The molecule has 0 bridgehead atoms. The fraction of sp³-hybridized carbons (Fsp3) is 0.200. The van der Waals surface area contributed by atoms with Crippen LogP contribution in [-0.2, 0) is 11.3 Å². The minimum absolute atomic E-state index is 0.0324. The maximum atomic E-state index is 12.4. The predicted octanol–water partition coefficient (Wildman–Crippen LogP) is 1.04. The Kier molecular flexibility index (Phi) is 5.69. The molecule has 8 nitrogen and oxygen atoms in total. The number of benzene rings is 1. The first-order valence-electron chi connectivity index (χ1n) is 8.73. The topological polar surface area (TPSA) is 107 Å². The summed E-state index contributed by atoms with van der Waals surface area (Å²) in [6.45, 7) is 0.0697. The number of carbonyl (C=O) groups excluding carboxylic acids is 2. The van der Waals surface area contributed by atoms with Gasteiger partial charge < -0.3 is 20.5 Å². The lowest BCUT2D eigenvalue weighted by Gasteiger charge is -2.11. The number of nitrogens with zero attached hydrogens (tertiary/aromatic N) is 2. The lowest BCUT2D eigenvalue weighted by Crippen LogP contribution is -2.38. The number of para-hydroxylation sites is 1. The summed E-state index contributed by atoms with van der Waals surface area (Å²) in [7, 11) is 3.79. The van der Waals surface area contributed by atoms with E-state index in [1.807, 2.05) is 31.1 Å². The molecule has 2 heterocycles. The van der Waals surface area contributed by atoms with Crippen molar-refractivity contribution in [1.29, 1.82) is 0 Å². The second-order valence-electron chi connectivity index (χ2n) is 6.46. The molecule has 0 saturated heterocycles. The van der Waals surface area contributed by atoms with E-state index < -0.39 is 5.91 Å². The van der Waals surface area contributed by atoms with Gasteiger partial charge in [-0.15, -0.1) is 0 Å². The van der Waals surface area contributed by atoms with Gasteiger partial charge in [-0.25, -0.2) is 4.98 Å². The molecule has 3 rings (SSSR count). The number of carbonyl (C=O) groups is 2. The van der Waals surface area contributed by atoms with Gasteiger partial charge in [0.05, 0.1) is 6.54 Å². The van der Waals surface area contributed by atoms with Gasteiger partial charge in [0.15, 0.2) is 0 Å². The summed E-state index contributed by atoms with van der Waals surface area (Å²) in [5.74, 6) is -0.135. The van der Waals surface area contributed by atoms with Crippen LogP contribution >= 0.6 is 0 Å². The normalized spacial score (nSPS) is 10.5. The van der Waals surface area contributed by atoms with Crippen molar-refractivity contribution in [1.82, 2.24) is 20.6 Å². The Hall–Kier alpha value is -3.68. The predicted molar refractivity (Wildman–Crippen MR) is 107 cm³/mol. The van der Waals surface area contributed by atoms with Gasteiger partial charge in [0, 0.05) is 43.9 Å². The lowest BCUT2D eigenvalue weighted by atomic mass is 10.1. The number of rotatable bonds is 6. The largest absolute Gasteiger partial charge is 0.363 e. The highest BCUT2D eigenvalue weighted by Crippen LogP contribution is 2.08. The number of pyridine rings is 2. The molecule has 0 spiro atoms. The first-order valence-corrected chi connectivity index (χ1v) is 8.73. The highest BCUT2D eigenvalue weighted by Gasteiger charge is 2.13. The number of anilines is 1. The zero-order valence-corrected chi connectivity index (χ0v) is 15.7. The van der Waals surface area contributed by atoms with Gasteiger partial charge in [-0.1, -0.05) is 18.2 Å². The molecule has 0 aliphatic heterocycles. The molecular formula is C20H21N5O3. The number of aromatic amines is 1. The summed E-state index contributed by atoms with van der Waals surface area (Å²) < 4.78 is 0. The average molecular weight is 379 g/mol. The van der Waals surface area contributed by atoms with Crippen molar-refractivity contribution in [2.45, 2.75) is 6.54 Å². The number of hydrogen-bond acceptors (Lipinski definition) is 5. The Balaban J connectivity index is 1.55. The van der Waals surface area contributed by atoms with Gasteiger partial charge in [-0.05, 0) is 23.8 Å². The van der Waals surface area contributed by atoms with E-state index in [0.717, 1.165) is 11.4 Å². The third-order valence-electron chi connectivity index (χ3n) is 4.20. The second-order valence-corrected chi connectivity index (χ2v) is 6.46. The Labute approximate surface area is 161 Å². The zero-order chi connectivity index (χ0) is 20.1. The monoisotopic (exact) mass is 379 g/mol. The van der Waals surface area contributed by atoms with E-state index in [9.17, 15) is 14.4 Å². The lowest BCUT2D eigenvalue weighted by molar-refractivity contribution is -0.120. The van der Waals surface area contributed by atoms with Crippen molar-refractivity contribution in [2.24, 2.45) is 0 Å². The van der Waals surface area contributed by atoms with Crippen LogP contribution in [-0.4, -0.2) is 42.4 Å². The molecule has 0 aliphatic rings. The van der Waals surface area contributed by atoms with Crippen LogP contribution in [0.1, 0.15) is 15.9 Å². The van der Waals surface area contributed by atoms with E-state index in [4.69, 9.17) is 0 Å². The summed E-state index contributed by atoms with van der Waals surface area (Å²) in [4.78, 5) is 45.7. The minimum Gasteiger partial charge on any atom is -0.363 e. The molecule has 0 fully saturated rings. The van der Waals surface area contributed by atoms with Crippen LogP contribution in [0.25, 0.3) is 10.9 Å². The molecule has 0 radical (unpaired) electrons. The van der Waals surface area contributed by atoms with E-state index in [1.54, 1.807) is 30.5 Å². The highest BCUT2D eigenvalue weighted by molar-refractivity contribution is 5.98. The summed E-state index contributed by atoms with van der Waals surface area (Å²) in [5.41, 5.74) is 1.08. The summed E-state index contributed by atoms with van der Waals surface area (Å²) in [6.07, 6.45) is 3.04. The van der Waals surface area contributed by atoms with Gasteiger partial charge in [0.25, 0.3) is 5.91 Å². The summed E-state index contributed by atoms with van der Waals surface area (Å²) >= 11 is 0. The molecule has 2 amide bonds. The first kappa shape index (κ1) is 19.1. The van der Waals surface area contributed by atoms with Crippen LogP contribution in [0.15, 0.2) is 53.6 Å². The van der Waals surface area contributed by atoms with Gasteiger partial charge in [0.1, 0.15) is 11.4 Å². The number of fused-ring (bicyclic) bond motifs is 1. The number of aromatic nitrogens is 2. The van der Waals surface area contributed by atoms with Crippen LogP contribution < -0.4 is 21.0 Å². The Morgan fingerprint density at radius 2 is 1.89 bits per heavy atom. The average Bonchev–Trinajstić information content (AvgIpc) is 2.71. The van der Waals surface area contributed by atoms with Crippen molar-refractivity contribution in [3.8, 4) is 0 Å². The van der Waals surface area contributed by atoms with E-state index in [2.05, 4.69) is 20.6 Å². The van der Waals surface area contributed by atoms with Crippen molar-refractivity contribution in [3.05, 3.63) is 70.1 Å². The van der Waals surface area contributed by atoms with E-state index >= 15 is 0 Å². The molecule has 144 valence electrons. The molecule has 0 saturated carbocycles. The quantitative estimate of drug-likeness (QED) is 0.593. The molecular weight excluding hydrogens is 358 g/mol. The summed E-state index contributed by atoms with van der Waals surface area (Å²) in [5, 5.41) is 5.60. The van der Waals surface area contributed by atoms with Gasteiger partial charge in [-0.3, -0.25) is 14.4 Å². The zero-order valence-electron chi connectivity index (χ0n) is 15.7. The Morgan fingerprint density at radius 1 is 1.11 bits per heavy atom. The number of amides is 2. The van der Waals surface area contributed by atoms with Crippen LogP contribution in [0.4, 0.5) is 5.82 Å². The SMILES string of the molecule is CN(C)c1ccc(CNC(=O)CNC(=O)c2c[nH]c3ccccc3c2=O)cn1. The van der Waals surface area contributed by atoms with E-state index in [-0.39, 0.29) is 23.4 Å². The fourth-order valence-electron chi connectivity index (χ4n) is 2.64. The van der Waals surface area contributed by atoms with Gasteiger partial charge in [0.2, 0.25) is 11.3 Å². The number of H-pyrrole nitrogens is 1. The molecule has 0 aliphatic carbocycles. The highest BCUT2D eigenvalue weighted by atomic mass is 16.2. The molecule has 8 heteroatoms. The molecule has 0 atom stereocenters. The molecule has 3 N–H and O–H groups in total. The molecule has 0 unspecified atom stereocenters. The van der Waals surface area contributed by atoms with Crippen LogP contribution in [0.2, 0.25) is 0 Å². The smallest absolute Gasteiger partial charge is 0.257 e. The van der Waals surface area contributed by atoms with Gasteiger partial charge >= 0.3 is 0 Å². The van der Waals surface area contributed by atoms with Crippen molar-refractivity contribution >= 4 is 28.5 Å². The Bertz CT molecular complexity index is 1060. The standard InChI is InChI=1S/C20H21N5O3/c1-25(2)17-8-7-13(9-22-17)10-23-18(26)12-24-20(28)15-11-21-16-6-4-3-5-14(16)19(15)27/h3-9,11H,10,12H2,1-2H3,(H,21,27)(H,23,26)(H,24,28). The maximum absolute atomic E-state index is 12.4. The van der Waals surface area contributed by atoms with Crippen LogP contribution in [0.5, 0.6) is 0 Å². The van der Waals surface area contributed by atoms with E-state index in [0.29, 0.717) is 17.4 Å². The van der Waals surface area contributed by atoms with Crippen LogP contribution in [0.3, 0.4) is 0 Å². The second kappa shape index (κ2) is 8.34. The van der Waals surface area contributed by atoms with E-state index in [1.165, 1.54) is 6.20 Å². The number of nitrogens with one attached hydrogen (secondary N) is 3. The van der Waals surface area contributed by atoms with Crippen molar-refractivity contribution in [2.75, 3.05) is 25.5 Å². The molecule has 28 heavy (non-hydrogen) atoms. The third-order valence-corrected chi connectivity index (χ3v) is 4.20. The molecule has 1 aromatic carbocycles. The first-order chi connectivity index (χ1) is 13.5. The third kappa shape index (κ3) is 4.35. The number of hydrogen-bond donors (Lipinski definition) is 3. The fourth-order valence-corrected chi connectivity index (χ4v) is 2.64. The van der Waals surface area contributed by atoms with Crippen LogP contribution in [0, 0.1) is 0 Å². The summed E-state index contributed by atoms with van der Waals surface area (Å²) in [6, 6.07) is 10.7. The Morgan fingerprint density at radius 3 is 2.61 bits per heavy atom. The van der Waals surface area contributed by atoms with Crippen molar-refractivity contribution in [3.63, 3.8) is 0 Å². The minimum atomic E-state index is -0.598. The van der Waals surface area contributed by atoms with Gasteiger partial charge in [-0.2, -0.15) is 0 Å². The maximum Gasteiger partial charge on any atom is 0.257 e. The van der Waals surface area contributed by atoms with Crippen molar-refractivity contribution < 1.29 is 9.59 Å². The molecule has 2 aromatic heterocycles.